The van der Waals surface area contributed by atoms with Crippen LogP contribution in [0.15, 0.2) is 36.7 Å². The third-order valence-electron chi connectivity index (χ3n) is 2.92. The second-order valence-electron chi connectivity index (χ2n) is 4.11. The van der Waals surface area contributed by atoms with Crippen LogP contribution in [0.4, 0.5) is 0 Å². The number of hydrogen-bond donors (Lipinski definition) is 2. The van der Waals surface area contributed by atoms with E-state index in [4.69, 9.17) is 4.74 Å². The van der Waals surface area contributed by atoms with Gasteiger partial charge in [-0.05, 0) is 13.0 Å². The Morgan fingerprint density at radius 3 is 3.05 bits per heavy atom. The second-order valence-corrected chi connectivity index (χ2v) is 4.11. The van der Waals surface area contributed by atoms with E-state index in [1.165, 1.54) is 0 Å². The monoisotopic (exact) mass is 255 g/mol. The van der Waals surface area contributed by atoms with Crippen molar-refractivity contribution in [1.29, 1.82) is 0 Å². The molecule has 0 amide bonds. The predicted molar refractivity (Wildman–Crippen MR) is 71.8 cm³/mol. The normalized spacial score (nSPS) is 10.8. The quantitative estimate of drug-likeness (QED) is 0.707. The van der Waals surface area contributed by atoms with Gasteiger partial charge < -0.3 is 14.7 Å². The minimum Gasteiger partial charge on any atom is -0.460 e. The summed E-state index contributed by atoms with van der Waals surface area (Å²) in [7, 11) is 0. The molecule has 2 heterocycles. The van der Waals surface area contributed by atoms with E-state index in [-0.39, 0.29) is 5.82 Å². The molecule has 96 valence electrons. The number of benzene rings is 1. The molecule has 3 rings (SSSR count). The highest BCUT2D eigenvalue weighted by atomic mass is 16.5. The molecule has 0 spiro atoms. The highest BCUT2D eigenvalue weighted by Gasteiger charge is 2.13. The molecule has 1 aromatic carbocycles. The van der Waals surface area contributed by atoms with Gasteiger partial charge in [0.25, 0.3) is 0 Å². The zero-order chi connectivity index (χ0) is 13.2. The third-order valence-corrected chi connectivity index (χ3v) is 2.92. The molecule has 0 saturated heterocycles. The summed E-state index contributed by atoms with van der Waals surface area (Å²) in [5.74, 6) is -0.212. The van der Waals surface area contributed by atoms with Crippen molar-refractivity contribution in [2.45, 2.75) is 6.92 Å². The highest BCUT2D eigenvalue weighted by molar-refractivity contribution is 5.95. The van der Waals surface area contributed by atoms with E-state index < -0.39 is 5.97 Å². The summed E-state index contributed by atoms with van der Waals surface area (Å²) in [4.78, 5) is 21.8. The lowest BCUT2D eigenvalue weighted by Crippen LogP contribution is -2.06. The number of imidazole rings is 1. The Balaban J connectivity index is 2.01. The summed E-state index contributed by atoms with van der Waals surface area (Å²) in [6.45, 7) is 2.10. The molecule has 0 bridgehead atoms. The van der Waals surface area contributed by atoms with Gasteiger partial charge in [-0.3, -0.25) is 0 Å². The number of aromatic nitrogens is 3. The largest absolute Gasteiger partial charge is 0.460 e. The summed E-state index contributed by atoms with van der Waals surface area (Å²) in [5.41, 5.74) is 2.82. The van der Waals surface area contributed by atoms with Crippen LogP contribution in [0.5, 0.6) is 0 Å². The minimum absolute atomic E-state index is 0.224. The van der Waals surface area contributed by atoms with E-state index in [0.717, 1.165) is 22.2 Å². The van der Waals surface area contributed by atoms with Crippen LogP contribution in [0.2, 0.25) is 0 Å². The number of rotatable bonds is 3. The first kappa shape index (κ1) is 11.5. The number of nitrogens with zero attached hydrogens (tertiary/aromatic N) is 1. The number of esters is 1. The van der Waals surface area contributed by atoms with Gasteiger partial charge in [0.2, 0.25) is 5.82 Å². The van der Waals surface area contributed by atoms with Gasteiger partial charge in [0.1, 0.15) is 0 Å². The van der Waals surface area contributed by atoms with Crippen molar-refractivity contribution in [2.75, 3.05) is 6.61 Å². The lowest BCUT2D eigenvalue weighted by atomic mass is 10.1. The van der Waals surface area contributed by atoms with E-state index in [2.05, 4.69) is 15.0 Å². The lowest BCUT2D eigenvalue weighted by Gasteiger charge is -1.97. The Morgan fingerprint density at radius 2 is 2.21 bits per heavy atom. The molecular weight excluding hydrogens is 242 g/mol. The molecule has 0 aliphatic heterocycles. The molecule has 0 radical (unpaired) electrons. The van der Waals surface area contributed by atoms with E-state index in [1.807, 2.05) is 30.5 Å². The Bertz CT molecular complexity index is 727. The van der Waals surface area contributed by atoms with Crippen LogP contribution in [-0.4, -0.2) is 27.5 Å². The van der Waals surface area contributed by atoms with E-state index in [9.17, 15) is 4.79 Å². The van der Waals surface area contributed by atoms with E-state index in [0.29, 0.717) is 6.61 Å². The minimum atomic E-state index is -0.436. The average Bonchev–Trinajstić information content (AvgIpc) is 3.05. The van der Waals surface area contributed by atoms with Crippen LogP contribution in [0.1, 0.15) is 17.5 Å². The molecule has 0 aliphatic carbocycles. The van der Waals surface area contributed by atoms with E-state index in [1.54, 1.807) is 13.1 Å². The van der Waals surface area contributed by atoms with Gasteiger partial charge >= 0.3 is 5.97 Å². The summed E-state index contributed by atoms with van der Waals surface area (Å²) in [6, 6.07) is 7.97. The Morgan fingerprint density at radius 1 is 1.37 bits per heavy atom. The smallest absolute Gasteiger partial charge is 0.374 e. The first-order valence-electron chi connectivity index (χ1n) is 6.08. The molecule has 19 heavy (non-hydrogen) atoms. The van der Waals surface area contributed by atoms with Gasteiger partial charge in [-0.1, -0.05) is 18.2 Å². The van der Waals surface area contributed by atoms with Gasteiger partial charge in [0, 0.05) is 22.7 Å². The van der Waals surface area contributed by atoms with Crippen LogP contribution < -0.4 is 0 Å². The summed E-state index contributed by atoms with van der Waals surface area (Å²) < 4.78 is 4.91. The SMILES string of the molecule is CCOC(=O)c1ncc(-c2c[nH]c3ccccc23)[nH]1. The molecule has 0 aliphatic rings. The fourth-order valence-corrected chi connectivity index (χ4v) is 2.06. The first-order chi connectivity index (χ1) is 9.29. The standard InChI is InChI=1S/C14H13N3O2/c1-2-19-14(18)13-16-8-12(17-13)10-7-15-11-6-4-3-5-9(10)11/h3-8,15H,2H2,1H3,(H,16,17). The van der Waals surface area contributed by atoms with Gasteiger partial charge in [0.05, 0.1) is 18.5 Å². The fourth-order valence-electron chi connectivity index (χ4n) is 2.06. The van der Waals surface area contributed by atoms with Crippen molar-refractivity contribution in [3.05, 3.63) is 42.5 Å². The van der Waals surface area contributed by atoms with Crippen LogP contribution in [0, 0.1) is 0 Å². The maximum absolute atomic E-state index is 11.6. The molecule has 0 atom stereocenters. The highest BCUT2D eigenvalue weighted by Crippen LogP contribution is 2.26. The van der Waals surface area contributed by atoms with E-state index >= 15 is 0 Å². The van der Waals surface area contributed by atoms with Crippen molar-refractivity contribution in [2.24, 2.45) is 0 Å². The van der Waals surface area contributed by atoms with Crippen LogP contribution in [0.3, 0.4) is 0 Å². The Labute approximate surface area is 109 Å². The molecule has 2 N–H and O–H groups in total. The Kier molecular flexibility index (Phi) is 2.79. The first-order valence-corrected chi connectivity index (χ1v) is 6.08. The van der Waals surface area contributed by atoms with Crippen LogP contribution >= 0.6 is 0 Å². The van der Waals surface area contributed by atoms with Crippen LogP contribution in [-0.2, 0) is 4.74 Å². The third kappa shape index (κ3) is 1.99. The zero-order valence-electron chi connectivity index (χ0n) is 10.4. The molecule has 0 unspecified atom stereocenters. The van der Waals surface area contributed by atoms with Gasteiger partial charge in [0.15, 0.2) is 0 Å². The van der Waals surface area contributed by atoms with Gasteiger partial charge in [-0.25, -0.2) is 9.78 Å². The fraction of sp³-hybridized carbons (Fsp3) is 0.143. The molecular formula is C14H13N3O2. The van der Waals surface area contributed by atoms with Crippen LogP contribution in [0.25, 0.3) is 22.2 Å². The van der Waals surface area contributed by atoms with Crippen molar-refractivity contribution < 1.29 is 9.53 Å². The Hall–Kier alpha value is -2.56. The van der Waals surface area contributed by atoms with Gasteiger partial charge in [-0.15, -0.1) is 0 Å². The number of H-pyrrole nitrogens is 2. The number of fused-ring (bicyclic) bond motifs is 1. The second kappa shape index (κ2) is 4.61. The molecule has 2 aromatic heterocycles. The maximum Gasteiger partial charge on any atom is 0.374 e. The number of carbonyl (C=O) groups is 1. The molecule has 0 fully saturated rings. The number of ether oxygens (including phenoxy) is 1. The number of aromatic amines is 2. The summed E-state index contributed by atoms with van der Waals surface area (Å²) in [6.07, 6.45) is 3.54. The van der Waals surface area contributed by atoms with Gasteiger partial charge in [-0.2, -0.15) is 0 Å². The van der Waals surface area contributed by atoms with Crippen molar-refractivity contribution in [3.63, 3.8) is 0 Å². The zero-order valence-corrected chi connectivity index (χ0v) is 10.4. The lowest BCUT2D eigenvalue weighted by molar-refractivity contribution is 0.0513. The summed E-state index contributed by atoms with van der Waals surface area (Å²) in [5, 5.41) is 1.08. The average molecular weight is 255 g/mol. The molecule has 0 saturated carbocycles. The maximum atomic E-state index is 11.6. The number of nitrogens with one attached hydrogen (secondary N) is 2. The number of para-hydroxylation sites is 1. The van der Waals surface area contributed by atoms with Crippen molar-refractivity contribution in [3.8, 4) is 11.3 Å². The summed E-state index contributed by atoms with van der Waals surface area (Å²) >= 11 is 0. The number of carbonyl (C=O) groups excluding carboxylic acids is 1. The topological polar surface area (TPSA) is 70.8 Å². The molecule has 5 heteroatoms. The van der Waals surface area contributed by atoms with Crippen molar-refractivity contribution >= 4 is 16.9 Å². The van der Waals surface area contributed by atoms with Crippen molar-refractivity contribution in [1.82, 2.24) is 15.0 Å². The molecule has 3 aromatic rings. The number of hydrogen-bond acceptors (Lipinski definition) is 3. The predicted octanol–water partition coefficient (Wildman–Crippen LogP) is 2.73. The molecule has 5 nitrogen and oxygen atoms in total.